The molecule has 1 aliphatic carbocycles. The van der Waals surface area contributed by atoms with Gasteiger partial charge in [-0.15, -0.1) is 10.2 Å². The molecule has 2 heterocycles. The molecule has 2 aliphatic rings. The van der Waals surface area contributed by atoms with Gasteiger partial charge >= 0.3 is 0 Å². The summed E-state index contributed by atoms with van der Waals surface area (Å²) < 4.78 is 11.4. The van der Waals surface area contributed by atoms with Crippen molar-refractivity contribution in [2.45, 2.75) is 58.0 Å². The van der Waals surface area contributed by atoms with Crippen LogP contribution in [0.15, 0.2) is 4.42 Å². The Hall–Kier alpha value is -0.940. The van der Waals surface area contributed by atoms with Gasteiger partial charge in [-0.3, -0.25) is 4.90 Å². The highest BCUT2D eigenvalue weighted by molar-refractivity contribution is 4.89. The molecule has 112 valence electrons. The summed E-state index contributed by atoms with van der Waals surface area (Å²) >= 11 is 0. The zero-order valence-corrected chi connectivity index (χ0v) is 12.5. The molecule has 1 atom stereocenters. The van der Waals surface area contributed by atoms with Crippen LogP contribution in [0.1, 0.15) is 57.2 Å². The van der Waals surface area contributed by atoms with Crippen LogP contribution in [0.4, 0.5) is 0 Å². The van der Waals surface area contributed by atoms with Crippen molar-refractivity contribution in [1.29, 1.82) is 0 Å². The fourth-order valence-electron chi connectivity index (χ4n) is 2.97. The molecule has 0 spiro atoms. The fourth-order valence-corrected chi connectivity index (χ4v) is 2.97. The van der Waals surface area contributed by atoms with Gasteiger partial charge in [0.1, 0.15) is 0 Å². The lowest BCUT2D eigenvalue weighted by molar-refractivity contribution is -0.0277. The summed E-state index contributed by atoms with van der Waals surface area (Å²) in [6.07, 6.45) is 5.44. The number of nitrogens with zero attached hydrogens (tertiary/aromatic N) is 3. The van der Waals surface area contributed by atoms with Crippen molar-refractivity contribution in [2.75, 3.05) is 19.8 Å². The van der Waals surface area contributed by atoms with Crippen molar-refractivity contribution in [1.82, 2.24) is 15.1 Å². The molecule has 3 rings (SSSR count). The highest BCUT2D eigenvalue weighted by Gasteiger charge is 2.29. The number of hydrogen-bond acceptors (Lipinski definition) is 5. The molecule has 0 aromatic carbocycles. The molecule has 1 aromatic heterocycles. The van der Waals surface area contributed by atoms with Gasteiger partial charge in [-0.1, -0.05) is 33.1 Å². The number of rotatable bonds is 5. The second-order valence-corrected chi connectivity index (χ2v) is 6.42. The predicted octanol–water partition coefficient (Wildman–Crippen LogP) is 2.58. The van der Waals surface area contributed by atoms with Crippen LogP contribution in [0.5, 0.6) is 0 Å². The van der Waals surface area contributed by atoms with Crippen molar-refractivity contribution in [3.8, 4) is 0 Å². The van der Waals surface area contributed by atoms with Crippen molar-refractivity contribution in [2.24, 2.45) is 5.92 Å². The molecule has 0 bridgehead atoms. The second kappa shape index (κ2) is 6.22. The Morgan fingerprint density at radius 3 is 2.80 bits per heavy atom. The Balaban J connectivity index is 1.60. The number of hydrogen-bond donors (Lipinski definition) is 0. The van der Waals surface area contributed by atoms with E-state index in [2.05, 4.69) is 28.9 Å². The Bertz CT molecular complexity index is 429. The van der Waals surface area contributed by atoms with Gasteiger partial charge in [0.05, 0.1) is 19.8 Å². The minimum atomic E-state index is 0.298. The Morgan fingerprint density at radius 2 is 2.15 bits per heavy atom. The number of aromatic nitrogens is 2. The van der Waals surface area contributed by atoms with Crippen LogP contribution in [0.2, 0.25) is 0 Å². The Morgan fingerprint density at radius 1 is 1.30 bits per heavy atom. The zero-order valence-electron chi connectivity index (χ0n) is 12.5. The first-order valence-corrected chi connectivity index (χ1v) is 7.86. The maximum Gasteiger partial charge on any atom is 0.230 e. The van der Waals surface area contributed by atoms with Gasteiger partial charge < -0.3 is 9.15 Å². The first-order chi connectivity index (χ1) is 9.72. The summed E-state index contributed by atoms with van der Waals surface area (Å²) in [4.78, 5) is 2.46. The van der Waals surface area contributed by atoms with Gasteiger partial charge in [-0.25, -0.2) is 0 Å². The van der Waals surface area contributed by atoms with Crippen LogP contribution in [0.25, 0.3) is 0 Å². The van der Waals surface area contributed by atoms with Crippen molar-refractivity contribution in [3.63, 3.8) is 0 Å². The second-order valence-electron chi connectivity index (χ2n) is 6.42. The average Bonchev–Trinajstić information content (AvgIpc) is 2.84. The molecule has 1 saturated heterocycles. The third-order valence-corrected chi connectivity index (χ3v) is 4.49. The predicted molar refractivity (Wildman–Crippen MR) is 75.4 cm³/mol. The highest BCUT2D eigenvalue weighted by atomic mass is 16.5. The van der Waals surface area contributed by atoms with E-state index in [1.807, 2.05) is 0 Å². The molecule has 5 heteroatoms. The smallest absolute Gasteiger partial charge is 0.230 e. The van der Waals surface area contributed by atoms with Gasteiger partial charge in [0.25, 0.3) is 0 Å². The molecule has 1 saturated carbocycles. The average molecular weight is 279 g/mol. The molecule has 5 nitrogen and oxygen atoms in total. The monoisotopic (exact) mass is 279 g/mol. The minimum Gasteiger partial charge on any atom is -0.424 e. The fraction of sp³-hybridized carbons (Fsp3) is 0.867. The van der Waals surface area contributed by atoms with E-state index in [0.717, 1.165) is 44.0 Å². The minimum absolute atomic E-state index is 0.298. The van der Waals surface area contributed by atoms with Crippen molar-refractivity contribution in [3.05, 3.63) is 11.8 Å². The molecule has 1 aromatic rings. The lowest BCUT2D eigenvalue weighted by atomic mass is 9.80. The lowest BCUT2D eigenvalue weighted by Crippen LogP contribution is -2.46. The molecule has 2 fully saturated rings. The van der Waals surface area contributed by atoms with E-state index in [-0.39, 0.29) is 0 Å². The lowest BCUT2D eigenvalue weighted by Gasteiger charge is -2.38. The van der Waals surface area contributed by atoms with E-state index >= 15 is 0 Å². The molecule has 1 unspecified atom stereocenters. The van der Waals surface area contributed by atoms with Crippen LogP contribution in [-0.4, -0.2) is 40.9 Å². The third kappa shape index (κ3) is 3.20. The van der Waals surface area contributed by atoms with Crippen LogP contribution >= 0.6 is 0 Å². The maximum atomic E-state index is 5.74. The third-order valence-electron chi connectivity index (χ3n) is 4.49. The molecule has 1 aliphatic heterocycles. The normalized spacial score (nSPS) is 25.1. The topological polar surface area (TPSA) is 51.4 Å². The number of morpholine rings is 1. The van der Waals surface area contributed by atoms with E-state index < -0.39 is 0 Å². The summed E-state index contributed by atoms with van der Waals surface area (Å²) in [5, 5.41) is 8.30. The standard InChI is InChI=1S/C15H25N3O2/c1-11(2)15-17-16-14(20-15)9-18-6-7-19-10-13(18)8-12-4-3-5-12/h11-13H,3-10H2,1-2H3. The Labute approximate surface area is 120 Å². The summed E-state index contributed by atoms with van der Waals surface area (Å²) in [5.41, 5.74) is 0. The Kier molecular flexibility index (Phi) is 4.36. The van der Waals surface area contributed by atoms with E-state index in [0.29, 0.717) is 12.0 Å². The van der Waals surface area contributed by atoms with Gasteiger partial charge in [0.2, 0.25) is 11.8 Å². The van der Waals surface area contributed by atoms with Crippen LogP contribution in [0, 0.1) is 5.92 Å². The van der Waals surface area contributed by atoms with Gasteiger partial charge in [-0.2, -0.15) is 0 Å². The van der Waals surface area contributed by atoms with E-state index in [4.69, 9.17) is 9.15 Å². The molecule has 0 N–H and O–H groups in total. The summed E-state index contributed by atoms with van der Waals surface area (Å²) in [6.45, 7) is 7.54. The van der Waals surface area contributed by atoms with Crippen LogP contribution in [-0.2, 0) is 11.3 Å². The van der Waals surface area contributed by atoms with Crippen molar-refractivity contribution < 1.29 is 9.15 Å². The summed E-state index contributed by atoms with van der Waals surface area (Å²) in [6, 6.07) is 0.517. The van der Waals surface area contributed by atoms with E-state index in [1.165, 1.54) is 25.7 Å². The summed E-state index contributed by atoms with van der Waals surface area (Å²) in [5.74, 6) is 2.68. The van der Waals surface area contributed by atoms with Gasteiger partial charge in [0.15, 0.2) is 0 Å². The first-order valence-electron chi connectivity index (χ1n) is 7.86. The van der Waals surface area contributed by atoms with Crippen LogP contribution < -0.4 is 0 Å². The van der Waals surface area contributed by atoms with E-state index in [1.54, 1.807) is 0 Å². The quantitative estimate of drug-likeness (QED) is 0.829. The maximum absolute atomic E-state index is 5.74. The van der Waals surface area contributed by atoms with Gasteiger partial charge in [-0.05, 0) is 12.3 Å². The SMILES string of the molecule is CC(C)c1nnc(CN2CCOCC2CC2CCC2)o1. The molecule has 0 amide bonds. The molecule has 0 radical (unpaired) electrons. The number of ether oxygens (including phenoxy) is 1. The zero-order chi connectivity index (χ0) is 13.9. The van der Waals surface area contributed by atoms with Gasteiger partial charge in [0, 0.05) is 18.5 Å². The van der Waals surface area contributed by atoms with Crippen molar-refractivity contribution >= 4 is 0 Å². The van der Waals surface area contributed by atoms with E-state index in [9.17, 15) is 0 Å². The highest BCUT2D eigenvalue weighted by Crippen LogP contribution is 2.32. The molecular formula is C15H25N3O2. The summed E-state index contributed by atoms with van der Waals surface area (Å²) in [7, 11) is 0. The van der Waals surface area contributed by atoms with Crippen LogP contribution in [0.3, 0.4) is 0 Å². The largest absolute Gasteiger partial charge is 0.424 e. The first kappa shape index (κ1) is 14.0. The molecule has 20 heavy (non-hydrogen) atoms. The molecular weight excluding hydrogens is 254 g/mol.